The van der Waals surface area contributed by atoms with E-state index < -0.39 is 0 Å². The molecule has 0 atom stereocenters. The van der Waals surface area contributed by atoms with E-state index in [-0.39, 0.29) is 5.91 Å². The second kappa shape index (κ2) is 5.29. The first-order valence-electron chi connectivity index (χ1n) is 6.67. The monoisotopic (exact) mass is 289 g/mol. The van der Waals surface area contributed by atoms with Crippen LogP contribution < -0.4 is 0 Å². The lowest BCUT2D eigenvalue weighted by molar-refractivity contribution is -0.132. The van der Waals surface area contributed by atoms with Gasteiger partial charge in [0.1, 0.15) is 5.82 Å². The lowest BCUT2D eigenvalue weighted by Crippen LogP contribution is -2.39. The number of aryl methyl sites for hydroxylation is 1. The van der Waals surface area contributed by atoms with Crippen molar-refractivity contribution in [3.63, 3.8) is 0 Å². The SMILES string of the molecule is Cc1cnc2n1CCN(C(=O)Cc1ccc(Cl)cc1)C2. The molecule has 0 saturated carbocycles. The lowest BCUT2D eigenvalue weighted by atomic mass is 10.1. The van der Waals surface area contributed by atoms with E-state index in [0.29, 0.717) is 18.0 Å². The molecule has 1 amide bonds. The summed E-state index contributed by atoms with van der Waals surface area (Å²) in [5, 5.41) is 0.691. The number of nitrogens with zero attached hydrogens (tertiary/aromatic N) is 3. The number of hydrogen-bond acceptors (Lipinski definition) is 2. The van der Waals surface area contributed by atoms with Crippen molar-refractivity contribution in [2.75, 3.05) is 6.54 Å². The highest BCUT2D eigenvalue weighted by Gasteiger charge is 2.22. The number of aromatic nitrogens is 2. The number of halogens is 1. The fourth-order valence-corrected chi connectivity index (χ4v) is 2.64. The molecule has 0 unspecified atom stereocenters. The van der Waals surface area contributed by atoms with E-state index in [0.717, 1.165) is 30.2 Å². The number of carbonyl (C=O) groups excluding carboxylic acids is 1. The Morgan fingerprint density at radius 3 is 2.80 bits per heavy atom. The highest BCUT2D eigenvalue weighted by Crippen LogP contribution is 2.16. The van der Waals surface area contributed by atoms with Crippen molar-refractivity contribution in [2.45, 2.75) is 26.4 Å². The van der Waals surface area contributed by atoms with Gasteiger partial charge in [0.25, 0.3) is 0 Å². The van der Waals surface area contributed by atoms with E-state index in [1.54, 1.807) is 0 Å². The largest absolute Gasteiger partial charge is 0.333 e. The molecule has 0 fully saturated rings. The minimum atomic E-state index is 0.138. The van der Waals surface area contributed by atoms with Crippen LogP contribution in [0.3, 0.4) is 0 Å². The lowest BCUT2D eigenvalue weighted by Gasteiger charge is -2.28. The molecule has 0 radical (unpaired) electrons. The van der Waals surface area contributed by atoms with Crippen molar-refractivity contribution < 1.29 is 4.79 Å². The zero-order valence-electron chi connectivity index (χ0n) is 11.3. The van der Waals surface area contributed by atoms with Gasteiger partial charge in [0.2, 0.25) is 5.91 Å². The van der Waals surface area contributed by atoms with Gasteiger partial charge in [-0.3, -0.25) is 4.79 Å². The minimum Gasteiger partial charge on any atom is -0.333 e. The summed E-state index contributed by atoms with van der Waals surface area (Å²) in [5.74, 6) is 1.11. The Bertz CT molecular complexity index is 633. The maximum Gasteiger partial charge on any atom is 0.227 e. The van der Waals surface area contributed by atoms with E-state index in [1.807, 2.05) is 42.3 Å². The average Bonchev–Trinajstić information content (AvgIpc) is 2.82. The first kappa shape index (κ1) is 13.2. The minimum absolute atomic E-state index is 0.138. The fourth-order valence-electron chi connectivity index (χ4n) is 2.51. The molecule has 1 aliphatic rings. The second-order valence-corrected chi connectivity index (χ2v) is 5.52. The highest BCUT2D eigenvalue weighted by molar-refractivity contribution is 6.30. The van der Waals surface area contributed by atoms with E-state index in [9.17, 15) is 4.79 Å². The molecule has 0 saturated heterocycles. The molecular formula is C15H16ClN3O. The van der Waals surface area contributed by atoms with E-state index in [2.05, 4.69) is 9.55 Å². The van der Waals surface area contributed by atoms with E-state index >= 15 is 0 Å². The van der Waals surface area contributed by atoms with Crippen LogP contribution in [-0.2, 0) is 24.3 Å². The molecule has 2 heterocycles. The van der Waals surface area contributed by atoms with Gasteiger partial charge in [-0.05, 0) is 24.6 Å². The van der Waals surface area contributed by atoms with Gasteiger partial charge >= 0.3 is 0 Å². The predicted octanol–water partition coefficient (Wildman–Crippen LogP) is 2.43. The average molecular weight is 290 g/mol. The van der Waals surface area contributed by atoms with Crippen molar-refractivity contribution in [1.82, 2.24) is 14.5 Å². The molecule has 1 aliphatic heterocycles. The molecule has 2 aromatic rings. The summed E-state index contributed by atoms with van der Waals surface area (Å²) in [6.07, 6.45) is 2.28. The molecule has 0 aliphatic carbocycles. The molecule has 20 heavy (non-hydrogen) atoms. The Morgan fingerprint density at radius 1 is 1.30 bits per heavy atom. The number of rotatable bonds is 2. The van der Waals surface area contributed by atoms with Gasteiger partial charge in [0, 0.05) is 30.0 Å². The smallest absolute Gasteiger partial charge is 0.227 e. The maximum absolute atomic E-state index is 12.3. The zero-order valence-corrected chi connectivity index (χ0v) is 12.1. The molecule has 1 aromatic carbocycles. The number of benzene rings is 1. The first-order valence-corrected chi connectivity index (χ1v) is 7.04. The summed E-state index contributed by atoms with van der Waals surface area (Å²) < 4.78 is 2.17. The van der Waals surface area contributed by atoms with Crippen LogP contribution in [0, 0.1) is 6.92 Å². The Morgan fingerprint density at radius 2 is 2.05 bits per heavy atom. The quantitative estimate of drug-likeness (QED) is 0.852. The number of carbonyl (C=O) groups is 1. The number of amides is 1. The van der Waals surface area contributed by atoms with Crippen molar-refractivity contribution in [1.29, 1.82) is 0 Å². The van der Waals surface area contributed by atoms with Crippen molar-refractivity contribution in [3.8, 4) is 0 Å². The third kappa shape index (κ3) is 2.56. The topological polar surface area (TPSA) is 38.1 Å². The Kier molecular flexibility index (Phi) is 3.49. The van der Waals surface area contributed by atoms with Gasteiger partial charge in [-0.2, -0.15) is 0 Å². The maximum atomic E-state index is 12.3. The van der Waals surface area contributed by atoms with Crippen molar-refractivity contribution >= 4 is 17.5 Å². The van der Waals surface area contributed by atoms with E-state index in [1.165, 1.54) is 0 Å². The zero-order chi connectivity index (χ0) is 14.1. The molecule has 0 bridgehead atoms. The molecule has 3 rings (SSSR count). The molecule has 4 nitrogen and oxygen atoms in total. The molecule has 0 N–H and O–H groups in total. The van der Waals surface area contributed by atoms with Crippen molar-refractivity contribution in [3.05, 3.63) is 52.6 Å². The van der Waals surface area contributed by atoms with Crippen molar-refractivity contribution in [2.24, 2.45) is 0 Å². The summed E-state index contributed by atoms with van der Waals surface area (Å²) in [5.41, 5.74) is 2.15. The number of imidazole rings is 1. The molecule has 1 aromatic heterocycles. The Balaban J connectivity index is 1.68. The Labute approximate surface area is 123 Å². The van der Waals surface area contributed by atoms with Gasteiger partial charge in [-0.15, -0.1) is 0 Å². The number of hydrogen-bond donors (Lipinski definition) is 0. The summed E-state index contributed by atoms with van der Waals surface area (Å²) in [7, 11) is 0. The van der Waals surface area contributed by atoms with Gasteiger partial charge in [0.05, 0.1) is 13.0 Å². The first-order chi connectivity index (χ1) is 9.63. The van der Waals surface area contributed by atoms with Crippen LogP contribution >= 0.6 is 11.6 Å². The summed E-state index contributed by atoms with van der Waals surface area (Å²) >= 11 is 5.85. The van der Waals surface area contributed by atoms with E-state index in [4.69, 9.17) is 11.6 Å². The predicted molar refractivity (Wildman–Crippen MR) is 77.5 cm³/mol. The summed E-state index contributed by atoms with van der Waals surface area (Å²) in [4.78, 5) is 18.6. The third-order valence-corrected chi connectivity index (χ3v) is 3.94. The second-order valence-electron chi connectivity index (χ2n) is 5.09. The van der Waals surface area contributed by atoms with Crippen LogP contribution in [0.5, 0.6) is 0 Å². The third-order valence-electron chi connectivity index (χ3n) is 3.68. The van der Waals surface area contributed by atoms with Gasteiger partial charge < -0.3 is 9.47 Å². The van der Waals surface area contributed by atoms with Crippen LogP contribution in [0.25, 0.3) is 0 Å². The summed E-state index contributed by atoms with van der Waals surface area (Å²) in [6.45, 7) is 4.21. The van der Waals surface area contributed by atoms with Crippen LogP contribution in [0.2, 0.25) is 5.02 Å². The Hall–Kier alpha value is -1.81. The van der Waals surface area contributed by atoms with Gasteiger partial charge in [0.15, 0.2) is 0 Å². The van der Waals surface area contributed by atoms with Gasteiger partial charge in [-0.1, -0.05) is 23.7 Å². The summed E-state index contributed by atoms with van der Waals surface area (Å²) in [6, 6.07) is 7.43. The normalized spacial score (nSPS) is 14.2. The van der Waals surface area contributed by atoms with Crippen LogP contribution in [-0.4, -0.2) is 26.9 Å². The van der Waals surface area contributed by atoms with Crippen LogP contribution in [0.4, 0.5) is 0 Å². The molecular weight excluding hydrogens is 274 g/mol. The molecule has 0 spiro atoms. The van der Waals surface area contributed by atoms with Crippen LogP contribution in [0.15, 0.2) is 30.5 Å². The van der Waals surface area contributed by atoms with Crippen LogP contribution in [0.1, 0.15) is 17.1 Å². The molecule has 104 valence electrons. The standard InChI is InChI=1S/C15H16ClN3O/c1-11-9-17-14-10-18(6-7-19(11)14)15(20)8-12-2-4-13(16)5-3-12/h2-5,9H,6-8,10H2,1H3. The molecule has 5 heteroatoms. The van der Waals surface area contributed by atoms with Gasteiger partial charge in [-0.25, -0.2) is 4.98 Å². The fraction of sp³-hybridized carbons (Fsp3) is 0.333. The number of fused-ring (bicyclic) bond motifs is 1. The highest BCUT2D eigenvalue weighted by atomic mass is 35.5.